The lowest BCUT2D eigenvalue weighted by Crippen LogP contribution is -2.16. The number of anilines is 1. The number of hydrogen-bond acceptors (Lipinski definition) is 3. The predicted molar refractivity (Wildman–Crippen MR) is 94.1 cm³/mol. The number of oxime groups is 1. The molecule has 0 saturated carbocycles. The molecule has 1 N–H and O–H groups in total. The summed E-state index contributed by atoms with van der Waals surface area (Å²) in [5, 5.41) is 7.18. The Bertz CT molecular complexity index is 652. The number of nitrogens with one attached hydrogen (secondary N) is 1. The molecule has 2 aromatic rings. The van der Waals surface area contributed by atoms with Crippen LogP contribution in [0, 0.1) is 0 Å². The van der Waals surface area contributed by atoms with E-state index in [1.165, 1.54) is 11.8 Å². The maximum absolute atomic E-state index is 11.8. The minimum absolute atomic E-state index is 0.138. The molecule has 0 aliphatic rings. The van der Waals surface area contributed by atoms with E-state index in [1.54, 1.807) is 12.1 Å². The first-order valence-electron chi connectivity index (χ1n) is 7.47. The molecule has 0 atom stereocenters. The van der Waals surface area contributed by atoms with Crippen LogP contribution in [0.2, 0.25) is 5.02 Å². The van der Waals surface area contributed by atoms with Crippen LogP contribution in [0.3, 0.4) is 0 Å². The molecule has 0 saturated heterocycles. The maximum Gasteiger partial charge on any atom is 0.265 e. The Morgan fingerprint density at radius 2 is 1.87 bits per heavy atom. The summed E-state index contributed by atoms with van der Waals surface area (Å²) in [5.41, 5.74) is 2.86. The van der Waals surface area contributed by atoms with Gasteiger partial charge in [0.1, 0.15) is 0 Å². The number of benzene rings is 2. The summed E-state index contributed by atoms with van der Waals surface area (Å²) >= 11 is 5.79. The van der Waals surface area contributed by atoms with Gasteiger partial charge in [0.15, 0.2) is 6.61 Å². The van der Waals surface area contributed by atoms with Crippen molar-refractivity contribution in [2.75, 3.05) is 11.9 Å². The average Bonchev–Trinajstić information content (AvgIpc) is 2.55. The smallest absolute Gasteiger partial charge is 0.265 e. The second-order valence-corrected chi connectivity index (χ2v) is 5.49. The van der Waals surface area contributed by atoms with Crippen LogP contribution < -0.4 is 5.32 Å². The molecule has 120 valence electrons. The number of halogens is 1. The molecule has 0 spiro atoms. The van der Waals surface area contributed by atoms with E-state index in [-0.39, 0.29) is 12.5 Å². The van der Waals surface area contributed by atoms with Gasteiger partial charge in [-0.15, -0.1) is 0 Å². The first-order valence-corrected chi connectivity index (χ1v) is 7.85. The molecule has 0 aliphatic carbocycles. The number of carbonyl (C=O) groups is 1. The zero-order valence-corrected chi connectivity index (χ0v) is 13.7. The molecule has 4 nitrogen and oxygen atoms in total. The molecule has 0 aromatic heterocycles. The standard InChI is InChI=1S/C18H19ClN2O2/c1-2-3-14-6-10-17(11-7-14)21-18(22)13-23-20-12-15-4-8-16(19)9-5-15/h4-12H,2-3,13H2,1H3,(H,21,22)/b20-12+. The number of amides is 1. The summed E-state index contributed by atoms with van der Waals surface area (Å²) in [6, 6.07) is 15.0. The van der Waals surface area contributed by atoms with Gasteiger partial charge in [-0.1, -0.05) is 54.4 Å². The molecule has 0 heterocycles. The molecule has 1 amide bonds. The topological polar surface area (TPSA) is 50.7 Å². The number of hydrogen-bond donors (Lipinski definition) is 1. The lowest BCUT2D eigenvalue weighted by molar-refractivity contribution is -0.120. The zero-order chi connectivity index (χ0) is 16.5. The van der Waals surface area contributed by atoms with Crippen molar-refractivity contribution in [2.45, 2.75) is 19.8 Å². The van der Waals surface area contributed by atoms with E-state index in [4.69, 9.17) is 16.4 Å². The molecule has 2 rings (SSSR count). The molecular weight excluding hydrogens is 312 g/mol. The monoisotopic (exact) mass is 330 g/mol. The molecule has 2 aromatic carbocycles. The lowest BCUT2D eigenvalue weighted by atomic mass is 10.1. The van der Waals surface area contributed by atoms with Gasteiger partial charge >= 0.3 is 0 Å². The first kappa shape index (κ1) is 17.0. The zero-order valence-electron chi connectivity index (χ0n) is 13.0. The molecule has 5 heteroatoms. The van der Waals surface area contributed by atoms with Crippen LogP contribution in [-0.4, -0.2) is 18.7 Å². The quantitative estimate of drug-likeness (QED) is 0.608. The van der Waals surface area contributed by atoms with E-state index in [9.17, 15) is 4.79 Å². The van der Waals surface area contributed by atoms with Crippen LogP contribution in [-0.2, 0) is 16.1 Å². The van der Waals surface area contributed by atoms with Gasteiger partial charge in [0.05, 0.1) is 6.21 Å². The fourth-order valence-electron chi connectivity index (χ4n) is 1.98. The molecule has 0 aliphatic heterocycles. The highest BCUT2D eigenvalue weighted by Gasteiger charge is 2.02. The van der Waals surface area contributed by atoms with E-state index < -0.39 is 0 Å². The summed E-state index contributed by atoms with van der Waals surface area (Å²) in [5.74, 6) is -0.249. The van der Waals surface area contributed by atoms with Gasteiger partial charge in [0.2, 0.25) is 0 Å². The van der Waals surface area contributed by atoms with Gasteiger partial charge in [0.25, 0.3) is 5.91 Å². The van der Waals surface area contributed by atoms with Crippen molar-refractivity contribution < 1.29 is 9.63 Å². The van der Waals surface area contributed by atoms with Crippen LogP contribution in [0.15, 0.2) is 53.7 Å². The van der Waals surface area contributed by atoms with Crippen LogP contribution in [0.25, 0.3) is 0 Å². The van der Waals surface area contributed by atoms with Crippen LogP contribution in [0.5, 0.6) is 0 Å². The van der Waals surface area contributed by atoms with Gasteiger partial charge in [-0.2, -0.15) is 0 Å². The Morgan fingerprint density at radius 1 is 1.17 bits per heavy atom. The predicted octanol–water partition coefficient (Wildman–Crippen LogP) is 4.28. The normalized spacial score (nSPS) is 10.7. The van der Waals surface area contributed by atoms with E-state index in [0.717, 1.165) is 24.1 Å². The summed E-state index contributed by atoms with van der Waals surface area (Å²) in [6.45, 7) is 2.00. The fourth-order valence-corrected chi connectivity index (χ4v) is 2.11. The van der Waals surface area contributed by atoms with Gasteiger partial charge in [-0.25, -0.2) is 0 Å². The largest absolute Gasteiger partial charge is 0.386 e. The van der Waals surface area contributed by atoms with Crippen LogP contribution >= 0.6 is 11.6 Å². The highest BCUT2D eigenvalue weighted by Crippen LogP contribution is 2.11. The molecule has 23 heavy (non-hydrogen) atoms. The average molecular weight is 331 g/mol. The van der Waals surface area contributed by atoms with E-state index in [2.05, 4.69) is 17.4 Å². The third kappa shape index (κ3) is 6.12. The van der Waals surface area contributed by atoms with Gasteiger partial charge < -0.3 is 10.2 Å². The van der Waals surface area contributed by atoms with Crippen molar-refractivity contribution in [2.24, 2.45) is 5.16 Å². The van der Waals surface area contributed by atoms with Crippen molar-refractivity contribution in [3.05, 3.63) is 64.7 Å². The Hall–Kier alpha value is -2.33. The Morgan fingerprint density at radius 3 is 2.52 bits per heavy atom. The van der Waals surface area contributed by atoms with Gasteiger partial charge in [-0.05, 0) is 41.8 Å². The molecule has 0 fully saturated rings. The van der Waals surface area contributed by atoms with Crippen LogP contribution in [0.4, 0.5) is 5.69 Å². The third-order valence-electron chi connectivity index (χ3n) is 3.12. The van der Waals surface area contributed by atoms with Crippen molar-refractivity contribution in [1.82, 2.24) is 0 Å². The highest BCUT2D eigenvalue weighted by molar-refractivity contribution is 6.30. The number of nitrogens with zero attached hydrogens (tertiary/aromatic N) is 1. The second-order valence-electron chi connectivity index (χ2n) is 5.05. The summed E-state index contributed by atoms with van der Waals surface area (Å²) in [7, 11) is 0. The summed E-state index contributed by atoms with van der Waals surface area (Å²) < 4.78 is 0. The first-order chi connectivity index (χ1) is 11.2. The lowest BCUT2D eigenvalue weighted by Gasteiger charge is -2.05. The molecular formula is C18H19ClN2O2. The molecule has 0 unspecified atom stereocenters. The SMILES string of the molecule is CCCc1ccc(NC(=O)CO/N=C/c2ccc(Cl)cc2)cc1. The van der Waals surface area contributed by atoms with Crippen molar-refractivity contribution in [1.29, 1.82) is 0 Å². The van der Waals surface area contributed by atoms with E-state index in [1.807, 2.05) is 36.4 Å². The Labute approximate surface area is 141 Å². The van der Waals surface area contributed by atoms with E-state index in [0.29, 0.717) is 5.02 Å². The van der Waals surface area contributed by atoms with Crippen molar-refractivity contribution in [3.8, 4) is 0 Å². The van der Waals surface area contributed by atoms with Crippen LogP contribution in [0.1, 0.15) is 24.5 Å². The number of carbonyl (C=O) groups excluding carboxylic acids is 1. The van der Waals surface area contributed by atoms with Crippen molar-refractivity contribution in [3.63, 3.8) is 0 Å². The van der Waals surface area contributed by atoms with Gasteiger partial charge in [-0.3, -0.25) is 4.79 Å². The minimum Gasteiger partial charge on any atom is -0.386 e. The maximum atomic E-state index is 11.8. The highest BCUT2D eigenvalue weighted by atomic mass is 35.5. The summed E-state index contributed by atoms with van der Waals surface area (Å²) in [4.78, 5) is 16.7. The molecule has 0 bridgehead atoms. The third-order valence-corrected chi connectivity index (χ3v) is 3.37. The minimum atomic E-state index is -0.249. The van der Waals surface area contributed by atoms with Gasteiger partial charge in [0, 0.05) is 10.7 Å². The molecule has 0 radical (unpaired) electrons. The second kappa shape index (κ2) is 8.96. The Balaban J connectivity index is 1.75. The number of rotatable bonds is 7. The fraction of sp³-hybridized carbons (Fsp3) is 0.222. The van der Waals surface area contributed by atoms with Crippen molar-refractivity contribution >= 4 is 29.4 Å². The Kier molecular flexibility index (Phi) is 6.63. The number of aryl methyl sites for hydroxylation is 1. The van der Waals surface area contributed by atoms with E-state index >= 15 is 0 Å². The summed E-state index contributed by atoms with van der Waals surface area (Å²) in [6.07, 6.45) is 3.67.